The lowest BCUT2D eigenvalue weighted by Crippen LogP contribution is -2.05. The van der Waals surface area contributed by atoms with E-state index in [0.717, 1.165) is 28.4 Å². The van der Waals surface area contributed by atoms with Crippen LogP contribution in [0.1, 0.15) is 37.2 Å². The molecule has 0 atom stereocenters. The summed E-state index contributed by atoms with van der Waals surface area (Å²) in [5.41, 5.74) is 1.20. The van der Waals surface area contributed by atoms with Gasteiger partial charge in [-0.25, -0.2) is 9.97 Å². The molecule has 0 unspecified atom stereocenters. The fraction of sp³-hybridized carbons (Fsp3) is 0.375. The summed E-state index contributed by atoms with van der Waals surface area (Å²) in [5, 5.41) is 3.31. The second kappa shape index (κ2) is 6.79. The van der Waals surface area contributed by atoms with Gasteiger partial charge in [0.25, 0.3) is 0 Å². The molecule has 0 bridgehead atoms. The molecule has 0 aliphatic heterocycles. The van der Waals surface area contributed by atoms with E-state index in [4.69, 9.17) is 4.98 Å². The summed E-state index contributed by atoms with van der Waals surface area (Å²) in [7, 11) is 0. The minimum absolute atomic E-state index is 0.653. The molecule has 1 heterocycles. The van der Waals surface area contributed by atoms with Gasteiger partial charge in [-0.05, 0) is 38.0 Å². The maximum absolute atomic E-state index is 4.73. The van der Waals surface area contributed by atoms with Gasteiger partial charge in [-0.15, -0.1) is 11.8 Å². The molecule has 1 saturated carbocycles. The molecule has 1 aromatic heterocycles. The van der Waals surface area contributed by atoms with E-state index in [2.05, 4.69) is 57.4 Å². The van der Waals surface area contributed by atoms with Crippen LogP contribution in [0.15, 0.2) is 39.7 Å². The number of halogens is 1. The van der Waals surface area contributed by atoms with E-state index in [1.165, 1.54) is 23.4 Å². The molecule has 1 fully saturated rings. The summed E-state index contributed by atoms with van der Waals surface area (Å²) >= 11 is 5.28. The third kappa shape index (κ3) is 4.20. The number of benzene rings is 1. The van der Waals surface area contributed by atoms with Gasteiger partial charge in [-0.1, -0.05) is 22.0 Å². The highest BCUT2D eigenvalue weighted by atomic mass is 79.9. The summed E-state index contributed by atoms with van der Waals surface area (Å²) in [6.07, 6.45) is 2.53. The second-order valence-corrected chi connectivity index (χ2v) is 7.11. The van der Waals surface area contributed by atoms with Gasteiger partial charge >= 0.3 is 0 Å². The van der Waals surface area contributed by atoms with Gasteiger partial charge in [-0.2, -0.15) is 0 Å². The van der Waals surface area contributed by atoms with E-state index < -0.39 is 0 Å². The molecule has 0 amide bonds. The van der Waals surface area contributed by atoms with Crippen molar-refractivity contribution in [2.75, 3.05) is 11.9 Å². The van der Waals surface area contributed by atoms with E-state index in [1.807, 2.05) is 6.07 Å². The van der Waals surface area contributed by atoms with Crippen molar-refractivity contribution >= 4 is 33.5 Å². The summed E-state index contributed by atoms with van der Waals surface area (Å²) in [5.74, 6) is 3.33. The van der Waals surface area contributed by atoms with Crippen molar-refractivity contribution in [1.82, 2.24) is 9.97 Å². The number of rotatable bonds is 6. The normalized spacial score (nSPS) is 14.2. The maximum Gasteiger partial charge on any atom is 0.141 e. The van der Waals surface area contributed by atoms with Crippen LogP contribution in [-0.2, 0) is 5.75 Å². The van der Waals surface area contributed by atoms with E-state index in [1.54, 1.807) is 11.8 Å². The van der Waals surface area contributed by atoms with Gasteiger partial charge in [0.05, 0.1) is 5.75 Å². The lowest BCUT2D eigenvalue weighted by atomic mass is 10.2. The predicted octanol–water partition coefficient (Wildman–Crippen LogP) is 4.84. The molecule has 21 heavy (non-hydrogen) atoms. The molecule has 3 nitrogen and oxygen atoms in total. The SMILES string of the molecule is CCNc1cc(C2CC2)nc(CSc2cccc(Br)c2)n1. The van der Waals surface area contributed by atoms with E-state index in [-0.39, 0.29) is 0 Å². The Kier molecular flexibility index (Phi) is 4.80. The Morgan fingerprint density at radius 2 is 2.14 bits per heavy atom. The van der Waals surface area contributed by atoms with E-state index >= 15 is 0 Å². The topological polar surface area (TPSA) is 37.8 Å². The maximum atomic E-state index is 4.73. The number of anilines is 1. The lowest BCUT2D eigenvalue weighted by molar-refractivity contribution is 0.928. The second-order valence-electron chi connectivity index (χ2n) is 5.14. The van der Waals surface area contributed by atoms with Gasteiger partial charge < -0.3 is 5.32 Å². The van der Waals surface area contributed by atoms with Gasteiger partial charge in [0.2, 0.25) is 0 Å². The zero-order valence-corrected chi connectivity index (χ0v) is 14.4. The van der Waals surface area contributed by atoms with Crippen LogP contribution in [0.5, 0.6) is 0 Å². The van der Waals surface area contributed by atoms with E-state index in [9.17, 15) is 0 Å². The quantitative estimate of drug-likeness (QED) is 0.745. The Hall–Kier alpha value is -1.07. The minimum atomic E-state index is 0.653. The van der Waals surface area contributed by atoms with Crippen LogP contribution in [0.4, 0.5) is 5.82 Å². The van der Waals surface area contributed by atoms with Crippen LogP contribution in [0, 0.1) is 0 Å². The minimum Gasteiger partial charge on any atom is -0.370 e. The van der Waals surface area contributed by atoms with Crippen LogP contribution in [0.25, 0.3) is 0 Å². The molecule has 1 aliphatic carbocycles. The van der Waals surface area contributed by atoms with Gasteiger partial charge in [0, 0.05) is 33.6 Å². The Morgan fingerprint density at radius 3 is 2.86 bits per heavy atom. The van der Waals surface area contributed by atoms with Gasteiger partial charge in [0.15, 0.2) is 0 Å². The number of hydrogen-bond acceptors (Lipinski definition) is 4. The highest BCUT2D eigenvalue weighted by Gasteiger charge is 2.26. The Bertz CT molecular complexity index is 629. The average Bonchev–Trinajstić information content (AvgIpc) is 3.30. The molecule has 5 heteroatoms. The van der Waals surface area contributed by atoms with Crippen LogP contribution >= 0.6 is 27.7 Å². The Morgan fingerprint density at radius 1 is 1.29 bits per heavy atom. The first kappa shape index (κ1) is 14.9. The van der Waals surface area contributed by atoms with Crippen molar-refractivity contribution in [1.29, 1.82) is 0 Å². The fourth-order valence-electron chi connectivity index (χ4n) is 2.15. The monoisotopic (exact) mass is 363 g/mol. The first-order valence-electron chi connectivity index (χ1n) is 7.24. The van der Waals surface area contributed by atoms with Crippen molar-refractivity contribution in [3.8, 4) is 0 Å². The molecule has 0 spiro atoms. The van der Waals surface area contributed by atoms with Crippen LogP contribution in [0.3, 0.4) is 0 Å². The molecule has 0 radical (unpaired) electrons. The summed E-state index contributed by atoms with van der Waals surface area (Å²) < 4.78 is 1.11. The van der Waals surface area contributed by atoms with Crippen LogP contribution < -0.4 is 5.32 Å². The highest BCUT2D eigenvalue weighted by molar-refractivity contribution is 9.10. The molecular weight excluding hydrogens is 346 g/mol. The highest BCUT2D eigenvalue weighted by Crippen LogP contribution is 2.39. The largest absolute Gasteiger partial charge is 0.370 e. The first-order valence-corrected chi connectivity index (χ1v) is 9.02. The molecule has 1 N–H and O–H groups in total. The summed E-state index contributed by atoms with van der Waals surface area (Å²) in [6, 6.07) is 10.4. The van der Waals surface area contributed by atoms with Crippen molar-refractivity contribution in [3.05, 3.63) is 46.3 Å². The number of thioether (sulfide) groups is 1. The number of aromatic nitrogens is 2. The van der Waals surface area contributed by atoms with Gasteiger partial charge in [-0.3, -0.25) is 0 Å². The average molecular weight is 364 g/mol. The van der Waals surface area contributed by atoms with Crippen molar-refractivity contribution in [2.45, 2.75) is 36.3 Å². The van der Waals surface area contributed by atoms with Gasteiger partial charge in [0.1, 0.15) is 11.6 Å². The third-order valence-corrected chi connectivity index (χ3v) is 4.79. The van der Waals surface area contributed by atoms with Crippen molar-refractivity contribution < 1.29 is 0 Å². The molecule has 0 saturated heterocycles. The Balaban J connectivity index is 1.74. The van der Waals surface area contributed by atoms with Crippen molar-refractivity contribution in [2.24, 2.45) is 0 Å². The zero-order chi connectivity index (χ0) is 14.7. The number of nitrogens with one attached hydrogen (secondary N) is 1. The zero-order valence-electron chi connectivity index (χ0n) is 12.0. The van der Waals surface area contributed by atoms with Crippen LogP contribution in [0.2, 0.25) is 0 Å². The molecular formula is C16H18BrN3S. The molecule has 1 aliphatic rings. The molecule has 3 rings (SSSR count). The molecule has 2 aromatic rings. The molecule has 110 valence electrons. The molecule has 1 aromatic carbocycles. The standard InChI is InChI=1S/C16H18BrN3S/c1-2-18-15-9-14(11-6-7-11)19-16(20-15)10-21-13-5-3-4-12(17)8-13/h3-5,8-9,11H,2,6-7,10H2,1H3,(H,18,19,20). The predicted molar refractivity (Wildman–Crippen MR) is 91.9 cm³/mol. The van der Waals surface area contributed by atoms with Crippen LogP contribution in [-0.4, -0.2) is 16.5 Å². The number of hydrogen-bond donors (Lipinski definition) is 1. The fourth-order valence-corrected chi connectivity index (χ4v) is 3.51. The summed E-state index contributed by atoms with van der Waals surface area (Å²) in [4.78, 5) is 10.6. The number of nitrogens with zero attached hydrogens (tertiary/aromatic N) is 2. The van der Waals surface area contributed by atoms with Crippen molar-refractivity contribution in [3.63, 3.8) is 0 Å². The first-order chi connectivity index (χ1) is 10.2. The summed E-state index contributed by atoms with van der Waals surface area (Å²) in [6.45, 7) is 2.98. The third-order valence-electron chi connectivity index (χ3n) is 3.31. The lowest BCUT2D eigenvalue weighted by Gasteiger charge is -2.08. The Labute approximate surface area is 138 Å². The van der Waals surface area contributed by atoms with E-state index in [0.29, 0.717) is 5.92 Å². The smallest absolute Gasteiger partial charge is 0.141 e.